The minimum absolute atomic E-state index is 0. The number of hydrogen-bond acceptors (Lipinski definition) is 2. The quantitative estimate of drug-likeness (QED) is 0.553. The summed E-state index contributed by atoms with van der Waals surface area (Å²) in [5.41, 5.74) is 0. The van der Waals surface area contributed by atoms with Crippen LogP contribution < -0.4 is 10.4 Å². The Morgan fingerprint density at radius 1 is 0.783 bits per heavy atom. The topological polar surface area (TPSA) is 18.5 Å². The van der Waals surface area contributed by atoms with E-state index in [4.69, 9.17) is 8.85 Å². The Kier molecular flexibility index (Phi) is 10.2. The van der Waals surface area contributed by atoms with E-state index in [1.54, 1.807) is 0 Å². The van der Waals surface area contributed by atoms with Gasteiger partial charge in [-0.2, -0.15) is 34.6 Å². The normalized spacial score (nSPS) is 11.4. The van der Waals surface area contributed by atoms with Gasteiger partial charge in [-0.05, 0) is 40.0 Å². The molecule has 0 heterocycles. The zero-order valence-electron chi connectivity index (χ0n) is 15.2. The molecule has 0 amide bonds. The van der Waals surface area contributed by atoms with E-state index >= 15 is 0 Å². The van der Waals surface area contributed by atoms with Gasteiger partial charge in [-0.1, -0.05) is 0 Å². The van der Waals surface area contributed by atoms with Crippen molar-refractivity contribution < 1.29 is 25.9 Å². The van der Waals surface area contributed by atoms with Gasteiger partial charge in [0, 0.05) is 13.2 Å². The van der Waals surface area contributed by atoms with E-state index in [-0.39, 0.29) is 17.1 Å². The zero-order valence-corrected chi connectivity index (χ0v) is 18.3. The molecule has 0 bridgehead atoms. The van der Waals surface area contributed by atoms with Crippen LogP contribution in [-0.4, -0.2) is 29.8 Å². The zero-order chi connectivity index (χ0) is 16.6. The van der Waals surface area contributed by atoms with Crippen LogP contribution in [0, 0.1) is 0 Å². The average Bonchev–Trinajstić information content (AvgIpc) is 3.14. The van der Waals surface area contributed by atoms with Gasteiger partial charge in [0.05, 0.1) is 0 Å². The van der Waals surface area contributed by atoms with E-state index in [0.29, 0.717) is 0 Å². The third kappa shape index (κ3) is 7.33. The third-order valence-corrected chi connectivity index (χ3v) is 9.19. The minimum Gasteiger partial charge on any atom is -0.415 e. The van der Waals surface area contributed by atoms with Crippen LogP contribution in [0.25, 0.3) is 0 Å². The smallest absolute Gasteiger partial charge is 0.415 e. The van der Waals surface area contributed by atoms with Crippen LogP contribution in [0.15, 0.2) is 48.5 Å². The molecule has 0 N–H and O–H groups in total. The second-order valence-electron chi connectivity index (χ2n) is 6.23. The van der Waals surface area contributed by atoms with Gasteiger partial charge >= 0.3 is 17.1 Å². The average molecular weight is 390 g/mol. The van der Waals surface area contributed by atoms with Gasteiger partial charge in [0.15, 0.2) is 16.6 Å². The summed E-state index contributed by atoms with van der Waals surface area (Å²) in [6.45, 7) is 14.7. The van der Waals surface area contributed by atoms with Gasteiger partial charge in [0.25, 0.3) is 0 Å². The molecule has 5 heteroatoms. The first-order valence-corrected chi connectivity index (χ1v) is 13.9. The Labute approximate surface area is 154 Å². The summed E-state index contributed by atoms with van der Waals surface area (Å²) in [6.07, 6.45) is 0. The maximum atomic E-state index is 5.71. The standard InChI is InChI=1S/2C9H15OSi.Fe/c2*1-4-10-11(2,3)9-7-5-6-8-9;/h2*5-8H,4H2,1-3H3;/q2*-1;+2. The molecule has 0 aromatic heterocycles. The molecular formula is C18H30FeO2Si2. The molecule has 0 radical (unpaired) electrons. The van der Waals surface area contributed by atoms with Crippen molar-refractivity contribution in [1.29, 1.82) is 0 Å². The Morgan fingerprint density at radius 3 is 1.35 bits per heavy atom. The van der Waals surface area contributed by atoms with Crippen molar-refractivity contribution in [3.63, 3.8) is 0 Å². The first kappa shape index (κ1) is 22.6. The predicted octanol–water partition coefficient (Wildman–Crippen LogP) is 3.71. The summed E-state index contributed by atoms with van der Waals surface area (Å²) in [4.78, 5) is 0. The fourth-order valence-corrected chi connectivity index (χ4v) is 6.21. The van der Waals surface area contributed by atoms with Gasteiger partial charge in [0.2, 0.25) is 0 Å². The third-order valence-electron chi connectivity index (χ3n) is 3.73. The summed E-state index contributed by atoms with van der Waals surface area (Å²) in [6, 6.07) is 16.9. The molecule has 0 spiro atoms. The molecule has 2 aromatic rings. The van der Waals surface area contributed by atoms with Crippen molar-refractivity contribution in [1.82, 2.24) is 0 Å². The first-order valence-electron chi connectivity index (χ1n) is 8.05. The fraction of sp³-hybridized carbons (Fsp3) is 0.444. The first-order chi connectivity index (χ1) is 10.3. The Hall–Kier alpha value is -0.427. The summed E-state index contributed by atoms with van der Waals surface area (Å²) in [5, 5.41) is 2.78. The molecule has 0 saturated carbocycles. The maximum absolute atomic E-state index is 5.71. The van der Waals surface area contributed by atoms with Gasteiger partial charge in [-0.25, -0.2) is 24.3 Å². The van der Waals surface area contributed by atoms with Crippen LogP contribution in [-0.2, 0) is 25.9 Å². The van der Waals surface area contributed by atoms with Gasteiger partial charge in [-0.15, -0.1) is 0 Å². The van der Waals surface area contributed by atoms with Gasteiger partial charge in [0.1, 0.15) is 0 Å². The molecule has 130 valence electrons. The monoisotopic (exact) mass is 390 g/mol. The summed E-state index contributed by atoms with van der Waals surface area (Å²) < 4.78 is 11.4. The second kappa shape index (κ2) is 10.4. The van der Waals surface area contributed by atoms with Crippen molar-refractivity contribution in [2.75, 3.05) is 13.2 Å². The van der Waals surface area contributed by atoms with Crippen LogP contribution in [0.5, 0.6) is 0 Å². The Balaban J connectivity index is 0.000000403. The predicted molar refractivity (Wildman–Crippen MR) is 102 cm³/mol. The number of rotatable bonds is 6. The maximum Gasteiger partial charge on any atom is 2.00 e. The molecule has 0 fully saturated rings. The van der Waals surface area contributed by atoms with Crippen molar-refractivity contribution in [3.05, 3.63) is 48.5 Å². The second-order valence-corrected chi connectivity index (χ2v) is 14.0. The van der Waals surface area contributed by atoms with E-state index in [1.807, 2.05) is 0 Å². The molecule has 0 aliphatic heterocycles. The van der Waals surface area contributed by atoms with Crippen LogP contribution in [0.1, 0.15) is 13.8 Å². The van der Waals surface area contributed by atoms with Crippen LogP contribution in [0.2, 0.25) is 26.2 Å². The molecule has 0 unspecified atom stereocenters. The minimum atomic E-state index is -1.53. The van der Waals surface area contributed by atoms with Crippen LogP contribution in [0.3, 0.4) is 0 Å². The molecule has 0 atom stereocenters. The van der Waals surface area contributed by atoms with Crippen LogP contribution in [0.4, 0.5) is 0 Å². The summed E-state index contributed by atoms with van der Waals surface area (Å²) in [5.74, 6) is 0. The van der Waals surface area contributed by atoms with Crippen molar-refractivity contribution in [2.45, 2.75) is 40.0 Å². The Morgan fingerprint density at radius 2 is 1.13 bits per heavy atom. The molecule has 2 nitrogen and oxygen atoms in total. The summed E-state index contributed by atoms with van der Waals surface area (Å²) in [7, 11) is -3.05. The van der Waals surface area contributed by atoms with E-state index in [2.05, 4.69) is 88.6 Å². The molecule has 2 rings (SSSR count). The van der Waals surface area contributed by atoms with E-state index in [9.17, 15) is 0 Å². The largest absolute Gasteiger partial charge is 2.00 e. The van der Waals surface area contributed by atoms with Crippen molar-refractivity contribution >= 4 is 27.0 Å². The van der Waals surface area contributed by atoms with E-state index < -0.39 is 16.6 Å². The SMILES string of the molecule is CCO[Si](C)(C)c1ccc[cH-]1.CCO[Si](C)(C)c1ccc[cH-]1.[Fe+2]. The molecule has 0 aliphatic rings. The van der Waals surface area contributed by atoms with Crippen molar-refractivity contribution in [3.8, 4) is 0 Å². The van der Waals surface area contributed by atoms with Gasteiger partial charge < -0.3 is 8.85 Å². The summed E-state index contributed by atoms with van der Waals surface area (Å²) >= 11 is 0. The molecule has 0 aliphatic carbocycles. The van der Waals surface area contributed by atoms with Crippen molar-refractivity contribution in [2.24, 2.45) is 0 Å². The molecular weight excluding hydrogens is 360 g/mol. The molecule has 2 aromatic carbocycles. The molecule has 0 saturated heterocycles. The number of hydrogen-bond donors (Lipinski definition) is 0. The fourth-order valence-electron chi connectivity index (χ4n) is 2.44. The van der Waals surface area contributed by atoms with E-state index in [1.165, 1.54) is 10.4 Å². The molecule has 23 heavy (non-hydrogen) atoms. The van der Waals surface area contributed by atoms with Gasteiger partial charge in [-0.3, -0.25) is 0 Å². The van der Waals surface area contributed by atoms with E-state index in [0.717, 1.165) is 13.2 Å². The van der Waals surface area contributed by atoms with Crippen LogP contribution >= 0.6 is 0 Å². The Bertz CT molecular complexity index is 457.